The van der Waals surface area contributed by atoms with Gasteiger partial charge in [-0.25, -0.2) is 4.98 Å². The van der Waals surface area contributed by atoms with Crippen molar-refractivity contribution in [2.24, 2.45) is 0 Å². The monoisotopic (exact) mass is 306 g/mol. The fraction of sp³-hybridized carbons (Fsp3) is 0.600. The molecule has 1 unspecified atom stereocenters. The van der Waals surface area contributed by atoms with Gasteiger partial charge in [0.15, 0.2) is 0 Å². The van der Waals surface area contributed by atoms with Gasteiger partial charge in [0.05, 0.1) is 11.0 Å². The SMILES string of the molecule is CCc1cc2c(NC3CCOC(C)(C)C3)nc(N)nc2s1. The highest BCUT2D eigenvalue weighted by Crippen LogP contribution is 2.32. The molecule has 3 rings (SSSR count). The first kappa shape index (κ1) is 14.5. The number of rotatable bonds is 3. The molecule has 3 N–H and O–H groups in total. The van der Waals surface area contributed by atoms with Crippen LogP contribution in [0.25, 0.3) is 10.2 Å². The van der Waals surface area contributed by atoms with Crippen LogP contribution in [0.3, 0.4) is 0 Å². The molecule has 0 radical (unpaired) electrons. The van der Waals surface area contributed by atoms with E-state index >= 15 is 0 Å². The molecular weight excluding hydrogens is 284 g/mol. The van der Waals surface area contributed by atoms with E-state index in [1.807, 2.05) is 0 Å². The highest BCUT2D eigenvalue weighted by atomic mass is 32.1. The van der Waals surface area contributed by atoms with Gasteiger partial charge in [-0.3, -0.25) is 0 Å². The van der Waals surface area contributed by atoms with Crippen LogP contribution in [-0.4, -0.2) is 28.2 Å². The lowest BCUT2D eigenvalue weighted by atomic mass is 9.94. The van der Waals surface area contributed by atoms with Crippen molar-refractivity contribution in [1.82, 2.24) is 9.97 Å². The summed E-state index contributed by atoms with van der Waals surface area (Å²) in [4.78, 5) is 11.0. The van der Waals surface area contributed by atoms with E-state index in [1.54, 1.807) is 11.3 Å². The van der Waals surface area contributed by atoms with E-state index in [4.69, 9.17) is 10.5 Å². The Balaban J connectivity index is 1.90. The van der Waals surface area contributed by atoms with Crippen molar-refractivity contribution in [3.8, 4) is 0 Å². The van der Waals surface area contributed by atoms with Crippen molar-refractivity contribution in [3.05, 3.63) is 10.9 Å². The average Bonchev–Trinajstić information content (AvgIpc) is 2.80. The first-order chi connectivity index (χ1) is 9.97. The topological polar surface area (TPSA) is 73.1 Å². The van der Waals surface area contributed by atoms with E-state index in [2.05, 4.69) is 42.1 Å². The Kier molecular flexibility index (Phi) is 3.75. The maximum Gasteiger partial charge on any atom is 0.223 e. The zero-order chi connectivity index (χ0) is 15.0. The first-order valence-electron chi connectivity index (χ1n) is 7.43. The van der Waals surface area contributed by atoms with Gasteiger partial charge < -0.3 is 15.8 Å². The third-order valence-electron chi connectivity index (χ3n) is 3.85. The fourth-order valence-corrected chi connectivity index (χ4v) is 3.79. The number of thiophene rings is 1. The molecule has 21 heavy (non-hydrogen) atoms. The molecule has 6 heteroatoms. The van der Waals surface area contributed by atoms with Gasteiger partial charge in [0.2, 0.25) is 5.95 Å². The van der Waals surface area contributed by atoms with Crippen LogP contribution in [0.15, 0.2) is 6.07 Å². The summed E-state index contributed by atoms with van der Waals surface area (Å²) in [5.74, 6) is 1.19. The largest absolute Gasteiger partial charge is 0.375 e. The maximum atomic E-state index is 5.85. The summed E-state index contributed by atoms with van der Waals surface area (Å²) < 4.78 is 5.77. The molecule has 0 aromatic carbocycles. The Morgan fingerprint density at radius 2 is 2.29 bits per heavy atom. The number of nitrogen functional groups attached to an aromatic ring is 1. The van der Waals surface area contributed by atoms with E-state index in [9.17, 15) is 0 Å². The number of aromatic nitrogens is 2. The molecule has 0 aliphatic carbocycles. The molecule has 2 aromatic rings. The molecule has 2 aromatic heterocycles. The van der Waals surface area contributed by atoms with Crippen LogP contribution >= 0.6 is 11.3 Å². The van der Waals surface area contributed by atoms with E-state index in [1.165, 1.54) is 4.88 Å². The standard InChI is InChI=1S/C15H22N4OS/c1-4-10-7-11-12(18-14(16)19-13(11)21-10)17-9-5-6-20-15(2,3)8-9/h7,9H,4-6,8H2,1-3H3,(H3,16,17,18,19). The molecule has 0 amide bonds. The number of aryl methyl sites for hydroxylation is 1. The quantitative estimate of drug-likeness (QED) is 0.911. The summed E-state index contributed by atoms with van der Waals surface area (Å²) in [6.45, 7) is 7.18. The zero-order valence-electron chi connectivity index (χ0n) is 12.8. The third-order valence-corrected chi connectivity index (χ3v) is 5.02. The molecule has 0 bridgehead atoms. The van der Waals surface area contributed by atoms with Gasteiger partial charge in [-0.1, -0.05) is 6.92 Å². The zero-order valence-corrected chi connectivity index (χ0v) is 13.6. The number of anilines is 2. The number of nitrogens with zero attached hydrogens (tertiary/aromatic N) is 2. The van der Waals surface area contributed by atoms with Crippen molar-refractivity contribution in [3.63, 3.8) is 0 Å². The van der Waals surface area contributed by atoms with Gasteiger partial charge in [-0.05, 0) is 39.2 Å². The molecule has 5 nitrogen and oxygen atoms in total. The summed E-state index contributed by atoms with van der Waals surface area (Å²) in [5.41, 5.74) is 5.77. The summed E-state index contributed by atoms with van der Waals surface area (Å²) in [6.07, 6.45) is 2.95. The molecule has 1 fully saturated rings. The van der Waals surface area contributed by atoms with Crippen LogP contribution in [0, 0.1) is 0 Å². The van der Waals surface area contributed by atoms with Crippen molar-refractivity contribution >= 4 is 33.3 Å². The Morgan fingerprint density at radius 1 is 1.48 bits per heavy atom. The maximum absolute atomic E-state index is 5.85. The molecule has 1 atom stereocenters. The summed E-state index contributed by atoms with van der Waals surface area (Å²) in [5, 5.41) is 4.63. The molecular formula is C15H22N4OS. The molecule has 3 heterocycles. The number of nitrogens with one attached hydrogen (secondary N) is 1. The van der Waals surface area contributed by atoms with Crippen LogP contribution in [0.5, 0.6) is 0 Å². The second-order valence-corrected chi connectivity index (χ2v) is 7.27. The minimum Gasteiger partial charge on any atom is -0.375 e. The van der Waals surface area contributed by atoms with Gasteiger partial charge in [-0.2, -0.15) is 4.98 Å². The number of hydrogen-bond acceptors (Lipinski definition) is 6. The molecule has 114 valence electrons. The molecule has 1 aliphatic rings. The first-order valence-corrected chi connectivity index (χ1v) is 8.25. The summed E-state index contributed by atoms with van der Waals surface area (Å²) in [7, 11) is 0. The lowest BCUT2D eigenvalue weighted by molar-refractivity contribution is -0.0553. The Hall–Kier alpha value is -1.40. The second-order valence-electron chi connectivity index (χ2n) is 6.16. The number of ether oxygens (including phenoxy) is 1. The number of nitrogens with two attached hydrogens (primary N) is 1. The summed E-state index contributed by atoms with van der Waals surface area (Å²) >= 11 is 1.69. The second kappa shape index (κ2) is 5.42. The normalized spacial score (nSPS) is 21.6. The van der Waals surface area contributed by atoms with Crippen molar-refractivity contribution in [2.75, 3.05) is 17.7 Å². The van der Waals surface area contributed by atoms with Gasteiger partial charge in [0, 0.05) is 17.5 Å². The minimum absolute atomic E-state index is 0.0865. The predicted molar refractivity (Wildman–Crippen MR) is 87.9 cm³/mol. The number of fused-ring (bicyclic) bond motifs is 1. The van der Waals surface area contributed by atoms with Crippen molar-refractivity contribution in [2.45, 2.75) is 51.7 Å². The number of hydrogen-bond donors (Lipinski definition) is 2. The Morgan fingerprint density at radius 3 is 3.00 bits per heavy atom. The molecule has 0 spiro atoms. The van der Waals surface area contributed by atoms with E-state index < -0.39 is 0 Å². The molecule has 0 saturated carbocycles. The van der Waals surface area contributed by atoms with E-state index in [-0.39, 0.29) is 5.60 Å². The summed E-state index contributed by atoms with van der Waals surface area (Å²) in [6, 6.07) is 2.53. The van der Waals surface area contributed by atoms with Gasteiger partial charge in [-0.15, -0.1) is 11.3 Å². The minimum atomic E-state index is -0.0865. The van der Waals surface area contributed by atoms with Crippen molar-refractivity contribution < 1.29 is 4.74 Å². The van der Waals surface area contributed by atoms with E-state index in [0.29, 0.717) is 12.0 Å². The fourth-order valence-electron chi connectivity index (χ4n) is 2.82. The van der Waals surface area contributed by atoms with Crippen LogP contribution in [-0.2, 0) is 11.2 Å². The predicted octanol–water partition coefficient (Wildman–Crippen LogP) is 3.21. The average molecular weight is 306 g/mol. The third kappa shape index (κ3) is 3.11. The highest BCUT2D eigenvalue weighted by molar-refractivity contribution is 7.18. The smallest absolute Gasteiger partial charge is 0.223 e. The van der Waals surface area contributed by atoms with Crippen LogP contribution < -0.4 is 11.1 Å². The lowest BCUT2D eigenvalue weighted by Crippen LogP contribution is -2.40. The Labute approximate surface area is 128 Å². The highest BCUT2D eigenvalue weighted by Gasteiger charge is 2.29. The van der Waals surface area contributed by atoms with Gasteiger partial charge >= 0.3 is 0 Å². The molecule has 1 aliphatic heterocycles. The van der Waals surface area contributed by atoms with Crippen molar-refractivity contribution in [1.29, 1.82) is 0 Å². The van der Waals surface area contributed by atoms with Gasteiger partial charge in [0.1, 0.15) is 10.6 Å². The van der Waals surface area contributed by atoms with Gasteiger partial charge in [0.25, 0.3) is 0 Å². The Bertz CT molecular complexity index is 652. The lowest BCUT2D eigenvalue weighted by Gasteiger charge is -2.36. The van der Waals surface area contributed by atoms with Crippen LogP contribution in [0.2, 0.25) is 0 Å². The molecule has 1 saturated heterocycles. The van der Waals surface area contributed by atoms with Crippen LogP contribution in [0.4, 0.5) is 11.8 Å². The van der Waals surface area contributed by atoms with E-state index in [0.717, 1.165) is 41.9 Å². The van der Waals surface area contributed by atoms with Crippen LogP contribution in [0.1, 0.15) is 38.5 Å².